The van der Waals surface area contributed by atoms with Gasteiger partial charge >= 0.3 is 0 Å². The fraction of sp³-hybridized carbons (Fsp3) is 0.417. The van der Waals surface area contributed by atoms with E-state index in [0.717, 1.165) is 12.1 Å². The van der Waals surface area contributed by atoms with E-state index >= 15 is 0 Å². The van der Waals surface area contributed by atoms with Crippen LogP contribution in [0.1, 0.15) is 37.6 Å². The van der Waals surface area contributed by atoms with Crippen LogP contribution in [0.4, 0.5) is 4.39 Å². The normalized spacial score (nSPS) is 12.3. The molecule has 0 aliphatic rings. The number of hydrogen-bond donors (Lipinski definition) is 1. The largest absolute Gasteiger partial charge is 0.347 e. The number of halogens is 3. The Morgan fingerprint density at radius 3 is 2.40 bits per heavy atom. The Hall–Kier alpha value is -0.850. The maximum Gasteiger partial charge on any atom is 0.264 e. The summed E-state index contributed by atoms with van der Waals surface area (Å²) in [5.41, 5.74) is -0.650. The summed E-state index contributed by atoms with van der Waals surface area (Å²) in [7, 11) is 0.814. The predicted molar refractivity (Wildman–Crippen MR) is 76.3 cm³/mol. The molecule has 1 aromatic carbocycles. The molecule has 0 atom stereocenters. The van der Waals surface area contributed by atoms with Gasteiger partial charge in [-0.25, -0.2) is 12.8 Å². The van der Waals surface area contributed by atoms with Crippen molar-refractivity contribution >= 4 is 37.2 Å². The maximum atomic E-state index is 13.5. The second-order valence-electron chi connectivity index (χ2n) is 4.89. The molecule has 4 nitrogen and oxygen atoms in total. The minimum Gasteiger partial charge on any atom is -0.347 e. The van der Waals surface area contributed by atoms with Crippen molar-refractivity contribution in [2.24, 2.45) is 0 Å². The lowest BCUT2D eigenvalue weighted by molar-refractivity contribution is 0.0911. The number of carbonyl (C=O) groups excluding carboxylic acids is 1. The van der Waals surface area contributed by atoms with Gasteiger partial charge in [0.15, 0.2) is 0 Å². The minimum absolute atomic E-state index is 0.145. The van der Waals surface area contributed by atoms with Crippen LogP contribution in [0.25, 0.3) is 0 Å². The highest BCUT2D eigenvalue weighted by molar-refractivity contribution is 8.13. The molecule has 1 rings (SSSR count). The topological polar surface area (TPSA) is 63.2 Å². The van der Waals surface area contributed by atoms with E-state index < -0.39 is 31.2 Å². The average Bonchev–Trinajstić information content (AvgIpc) is 2.26. The van der Waals surface area contributed by atoms with E-state index in [1.807, 2.05) is 6.92 Å². The van der Waals surface area contributed by atoms with E-state index in [1.165, 1.54) is 0 Å². The summed E-state index contributed by atoms with van der Waals surface area (Å²) in [4.78, 5) is 11.3. The smallest absolute Gasteiger partial charge is 0.264 e. The second kappa shape index (κ2) is 5.87. The van der Waals surface area contributed by atoms with Crippen LogP contribution < -0.4 is 5.32 Å². The average molecular weight is 342 g/mol. The monoisotopic (exact) mass is 341 g/mol. The molecule has 8 heteroatoms. The highest BCUT2D eigenvalue weighted by Gasteiger charge is 2.24. The van der Waals surface area contributed by atoms with Gasteiger partial charge in [0.25, 0.3) is 15.0 Å². The Kier molecular flexibility index (Phi) is 5.05. The summed E-state index contributed by atoms with van der Waals surface area (Å²) >= 11 is 5.78. The van der Waals surface area contributed by atoms with Gasteiger partial charge in [-0.05, 0) is 32.4 Å². The molecule has 0 heterocycles. The molecular weight excluding hydrogens is 328 g/mol. The van der Waals surface area contributed by atoms with E-state index in [9.17, 15) is 17.6 Å². The zero-order valence-electron chi connectivity index (χ0n) is 11.1. The Morgan fingerprint density at radius 2 is 1.95 bits per heavy atom. The Bertz CT molecular complexity index is 644. The minimum atomic E-state index is -4.30. The van der Waals surface area contributed by atoms with Crippen molar-refractivity contribution < 1.29 is 17.6 Å². The maximum absolute atomic E-state index is 13.5. The van der Waals surface area contributed by atoms with Crippen molar-refractivity contribution in [3.8, 4) is 0 Å². The molecule has 1 amide bonds. The second-order valence-corrected chi connectivity index (χ2v) is 7.83. The van der Waals surface area contributed by atoms with Gasteiger partial charge in [-0.1, -0.05) is 18.5 Å². The van der Waals surface area contributed by atoms with E-state index in [2.05, 4.69) is 5.32 Å². The fourth-order valence-electron chi connectivity index (χ4n) is 1.35. The molecule has 0 fully saturated rings. The van der Waals surface area contributed by atoms with Gasteiger partial charge in [-0.2, -0.15) is 0 Å². The number of hydrogen-bond acceptors (Lipinski definition) is 3. The molecule has 20 heavy (non-hydrogen) atoms. The van der Waals surface area contributed by atoms with E-state index in [-0.39, 0.29) is 10.6 Å². The van der Waals surface area contributed by atoms with Gasteiger partial charge in [0.1, 0.15) is 10.7 Å². The molecular formula is C12H14Cl2FNO3S. The molecule has 0 aromatic heterocycles. The third kappa shape index (κ3) is 4.07. The molecule has 0 unspecified atom stereocenters. The van der Waals surface area contributed by atoms with Crippen LogP contribution in [0.3, 0.4) is 0 Å². The van der Waals surface area contributed by atoms with E-state index in [4.69, 9.17) is 22.3 Å². The predicted octanol–water partition coefficient (Wildman–Crippen LogP) is 3.33. The molecule has 0 saturated carbocycles. The molecule has 0 aliphatic carbocycles. The zero-order valence-corrected chi connectivity index (χ0v) is 13.5. The summed E-state index contributed by atoms with van der Waals surface area (Å²) in [5.74, 6) is -1.69. The summed E-state index contributed by atoms with van der Waals surface area (Å²) in [6.45, 7) is 5.46. The summed E-state index contributed by atoms with van der Waals surface area (Å²) in [5, 5.41) is 2.49. The van der Waals surface area contributed by atoms with Crippen molar-refractivity contribution in [3.05, 3.63) is 28.5 Å². The van der Waals surface area contributed by atoms with Gasteiger partial charge in [0.2, 0.25) is 0 Å². The quantitative estimate of drug-likeness (QED) is 0.854. The van der Waals surface area contributed by atoms with Gasteiger partial charge in [-0.15, -0.1) is 0 Å². The summed E-state index contributed by atoms with van der Waals surface area (Å²) in [6, 6.07) is 1.59. The zero-order chi connectivity index (χ0) is 15.7. The molecule has 112 valence electrons. The molecule has 0 radical (unpaired) electrons. The van der Waals surface area contributed by atoms with Crippen LogP contribution >= 0.6 is 22.3 Å². The lowest BCUT2D eigenvalue weighted by Gasteiger charge is -2.24. The standard InChI is InChI=1S/C12H14Cl2FNO3S/c1-4-12(2,3)16-11(17)7-5-10(20(14,18)19)9(15)6-8(7)13/h5-6H,4H2,1-3H3,(H,16,17). The van der Waals surface area contributed by atoms with Crippen LogP contribution in [0.15, 0.2) is 17.0 Å². The van der Waals surface area contributed by atoms with Crippen molar-refractivity contribution in [1.82, 2.24) is 5.32 Å². The number of carbonyl (C=O) groups is 1. The number of benzene rings is 1. The van der Waals surface area contributed by atoms with Crippen LogP contribution in [-0.2, 0) is 9.05 Å². The van der Waals surface area contributed by atoms with Crippen LogP contribution in [0, 0.1) is 5.82 Å². The first-order chi connectivity index (χ1) is 8.98. The first-order valence-electron chi connectivity index (χ1n) is 5.74. The molecule has 0 aliphatic heterocycles. The van der Waals surface area contributed by atoms with Crippen molar-refractivity contribution in [3.63, 3.8) is 0 Å². The fourth-order valence-corrected chi connectivity index (χ4v) is 2.49. The molecule has 1 aromatic rings. The molecule has 0 bridgehead atoms. The molecule has 0 saturated heterocycles. The third-order valence-corrected chi connectivity index (χ3v) is 4.51. The SMILES string of the molecule is CCC(C)(C)NC(=O)c1cc(S(=O)(=O)Cl)c(F)cc1Cl. The van der Waals surface area contributed by atoms with Crippen molar-refractivity contribution in [2.75, 3.05) is 0 Å². The highest BCUT2D eigenvalue weighted by Crippen LogP contribution is 2.26. The van der Waals surface area contributed by atoms with Crippen LogP contribution in [-0.4, -0.2) is 19.9 Å². The molecule has 1 N–H and O–H groups in total. The van der Waals surface area contributed by atoms with Gasteiger partial charge in [0.05, 0.1) is 10.6 Å². The number of nitrogens with one attached hydrogen (secondary N) is 1. The van der Waals surface area contributed by atoms with Crippen molar-refractivity contribution in [2.45, 2.75) is 37.6 Å². The van der Waals surface area contributed by atoms with Gasteiger partial charge in [0, 0.05) is 16.2 Å². The number of rotatable bonds is 4. The lowest BCUT2D eigenvalue weighted by atomic mass is 10.0. The molecule has 0 spiro atoms. The highest BCUT2D eigenvalue weighted by atomic mass is 35.7. The van der Waals surface area contributed by atoms with Crippen molar-refractivity contribution in [1.29, 1.82) is 0 Å². The van der Waals surface area contributed by atoms with E-state index in [1.54, 1.807) is 13.8 Å². The number of amides is 1. The van der Waals surface area contributed by atoms with Crippen LogP contribution in [0.2, 0.25) is 5.02 Å². The van der Waals surface area contributed by atoms with Crippen LogP contribution in [0.5, 0.6) is 0 Å². The first-order valence-corrected chi connectivity index (χ1v) is 8.43. The van der Waals surface area contributed by atoms with E-state index in [0.29, 0.717) is 6.42 Å². The van der Waals surface area contributed by atoms with Gasteiger partial charge in [-0.3, -0.25) is 4.79 Å². The summed E-state index contributed by atoms with van der Waals surface area (Å²) < 4.78 is 36.0. The Labute approximate surface area is 126 Å². The first kappa shape index (κ1) is 17.2. The van der Waals surface area contributed by atoms with Gasteiger partial charge < -0.3 is 5.32 Å². The Morgan fingerprint density at radius 1 is 1.40 bits per heavy atom. The lowest BCUT2D eigenvalue weighted by Crippen LogP contribution is -2.42. The summed E-state index contributed by atoms with van der Waals surface area (Å²) in [6.07, 6.45) is 0.651. The third-order valence-electron chi connectivity index (χ3n) is 2.86. The Balaban J connectivity index is 3.30.